The lowest BCUT2D eigenvalue weighted by molar-refractivity contribution is 0.148. The van der Waals surface area contributed by atoms with Crippen molar-refractivity contribution in [3.05, 3.63) is 73.3 Å². The molecule has 0 fully saturated rings. The fourth-order valence-corrected chi connectivity index (χ4v) is 9.07. The van der Waals surface area contributed by atoms with Gasteiger partial charge in [0.15, 0.2) is 0 Å². The van der Waals surface area contributed by atoms with Crippen LogP contribution in [-0.4, -0.2) is 26.1 Å². The van der Waals surface area contributed by atoms with E-state index < -0.39 is 8.32 Å². The molecule has 0 amide bonds. The molecule has 0 aliphatic heterocycles. The second-order valence-electron chi connectivity index (χ2n) is 9.59. The number of hydrogen-bond donors (Lipinski definition) is 1. The Morgan fingerprint density at radius 1 is 0.839 bits per heavy atom. The molecule has 0 aliphatic carbocycles. The molecule has 0 heterocycles. The van der Waals surface area contributed by atoms with Crippen LogP contribution < -0.4 is 10.4 Å². The molecule has 31 heavy (non-hydrogen) atoms. The number of allylic oxidation sites excluding steroid dienone is 1. The predicted octanol–water partition coefficient (Wildman–Crippen LogP) is 6.23. The van der Waals surface area contributed by atoms with Crippen LogP contribution in [0, 0.1) is 0 Å². The highest BCUT2D eigenvalue weighted by Gasteiger charge is 2.49. The van der Waals surface area contributed by atoms with Gasteiger partial charge >= 0.3 is 0 Å². The molecule has 0 spiro atoms. The normalized spacial score (nSPS) is 13.2. The van der Waals surface area contributed by atoms with Gasteiger partial charge in [0.25, 0.3) is 8.32 Å². The first kappa shape index (κ1) is 25.6. The second-order valence-corrected chi connectivity index (χ2v) is 13.9. The monoisotopic (exact) mass is 438 g/mol. The molecule has 0 aliphatic rings. The number of hydrogen-bond acceptors (Lipinski definition) is 2. The maximum atomic E-state index is 10.1. The van der Waals surface area contributed by atoms with Crippen molar-refractivity contribution in [2.24, 2.45) is 0 Å². The van der Waals surface area contributed by atoms with Crippen LogP contribution in [0.4, 0.5) is 0 Å². The molecule has 0 radical (unpaired) electrons. The van der Waals surface area contributed by atoms with Crippen LogP contribution >= 0.6 is 0 Å². The molecule has 0 saturated carbocycles. The molecule has 1 N–H and O–H groups in total. The van der Waals surface area contributed by atoms with Gasteiger partial charge in [-0.3, -0.25) is 0 Å². The highest BCUT2D eigenvalue weighted by Crippen LogP contribution is 2.36. The predicted molar refractivity (Wildman–Crippen MR) is 137 cm³/mol. The van der Waals surface area contributed by atoms with Crippen LogP contribution in [0.5, 0.6) is 0 Å². The van der Waals surface area contributed by atoms with Gasteiger partial charge in [0.2, 0.25) is 0 Å². The number of unbranched alkanes of at least 4 members (excludes halogenated alkanes) is 4. The molecule has 2 rings (SSSR count). The molecule has 1 unspecified atom stereocenters. The Balaban J connectivity index is 1.95. The largest absolute Gasteiger partial charge is 0.407 e. The van der Waals surface area contributed by atoms with E-state index in [1.807, 2.05) is 6.08 Å². The van der Waals surface area contributed by atoms with Crippen molar-refractivity contribution in [2.45, 2.75) is 83.3 Å². The second kappa shape index (κ2) is 13.0. The SMILES string of the molecule is C=CCCCC(O)CCCCCCO[Si](c1ccccc1)(c1ccccc1)C(C)(C)C. The minimum absolute atomic E-state index is 0.0330. The summed E-state index contributed by atoms with van der Waals surface area (Å²) in [5, 5.41) is 12.8. The summed E-state index contributed by atoms with van der Waals surface area (Å²) < 4.78 is 6.94. The summed E-state index contributed by atoms with van der Waals surface area (Å²) in [6, 6.07) is 21.7. The highest BCUT2D eigenvalue weighted by molar-refractivity contribution is 6.99. The Morgan fingerprint density at radius 3 is 1.87 bits per heavy atom. The van der Waals surface area contributed by atoms with Gasteiger partial charge in [-0.1, -0.05) is 107 Å². The average molecular weight is 439 g/mol. The summed E-state index contributed by atoms with van der Waals surface area (Å²) in [6.07, 6.45) is 10.1. The molecule has 1 atom stereocenters. The van der Waals surface area contributed by atoms with Gasteiger partial charge < -0.3 is 9.53 Å². The van der Waals surface area contributed by atoms with Gasteiger partial charge in [-0.05, 0) is 47.5 Å². The van der Waals surface area contributed by atoms with Crippen LogP contribution in [0.25, 0.3) is 0 Å². The zero-order chi connectivity index (χ0) is 22.6. The zero-order valence-corrected chi connectivity index (χ0v) is 20.9. The van der Waals surface area contributed by atoms with Crippen LogP contribution in [-0.2, 0) is 4.43 Å². The first-order chi connectivity index (χ1) is 14.9. The number of aliphatic hydroxyl groups is 1. The third-order valence-electron chi connectivity index (χ3n) is 6.11. The topological polar surface area (TPSA) is 29.5 Å². The highest BCUT2D eigenvalue weighted by atomic mass is 28.4. The Kier molecular flexibility index (Phi) is 10.7. The Morgan fingerprint density at radius 2 is 1.35 bits per heavy atom. The maximum Gasteiger partial charge on any atom is 0.261 e. The molecule has 3 heteroatoms. The quantitative estimate of drug-likeness (QED) is 0.215. The van der Waals surface area contributed by atoms with E-state index in [4.69, 9.17) is 4.43 Å². The first-order valence-corrected chi connectivity index (χ1v) is 13.9. The molecule has 170 valence electrons. The third-order valence-corrected chi connectivity index (χ3v) is 11.2. The average Bonchev–Trinajstić information content (AvgIpc) is 2.76. The van der Waals surface area contributed by atoms with E-state index in [1.165, 1.54) is 10.4 Å². The van der Waals surface area contributed by atoms with Crippen molar-refractivity contribution in [2.75, 3.05) is 6.61 Å². The van der Waals surface area contributed by atoms with Crippen LogP contribution in [0.1, 0.15) is 72.1 Å². The van der Waals surface area contributed by atoms with Crippen molar-refractivity contribution < 1.29 is 9.53 Å². The van der Waals surface area contributed by atoms with Gasteiger partial charge in [0, 0.05) is 6.61 Å². The fourth-order valence-electron chi connectivity index (χ4n) is 4.46. The van der Waals surface area contributed by atoms with Crippen molar-refractivity contribution in [1.29, 1.82) is 0 Å². The number of rotatable bonds is 14. The van der Waals surface area contributed by atoms with Gasteiger partial charge in [-0.2, -0.15) is 0 Å². The van der Waals surface area contributed by atoms with Crippen LogP contribution in [0.3, 0.4) is 0 Å². The Bertz CT molecular complexity index is 697. The number of benzene rings is 2. The smallest absolute Gasteiger partial charge is 0.261 e. The standard InChI is InChI=1S/C28H42O2Si/c1-5-6-11-18-25(29)19-12-7-8-17-24-30-31(28(2,3)4,26-20-13-9-14-21-26)27-22-15-10-16-23-27/h5,9-10,13-16,20-23,25,29H,1,6-8,11-12,17-19,24H2,2-4H3. The minimum Gasteiger partial charge on any atom is -0.407 e. The van der Waals surface area contributed by atoms with E-state index >= 15 is 0 Å². The van der Waals surface area contributed by atoms with E-state index in [-0.39, 0.29) is 11.1 Å². The molecular formula is C28H42O2Si. The van der Waals surface area contributed by atoms with Gasteiger partial charge in [-0.15, -0.1) is 6.58 Å². The number of aliphatic hydroxyl groups excluding tert-OH is 1. The fraction of sp³-hybridized carbons (Fsp3) is 0.500. The van der Waals surface area contributed by atoms with Gasteiger partial charge in [0.05, 0.1) is 6.10 Å². The Labute approximate surface area is 191 Å². The first-order valence-electron chi connectivity index (χ1n) is 12.0. The zero-order valence-electron chi connectivity index (χ0n) is 19.9. The summed E-state index contributed by atoms with van der Waals surface area (Å²) >= 11 is 0. The van der Waals surface area contributed by atoms with E-state index in [0.717, 1.165) is 58.0 Å². The summed E-state index contributed by atoms with van der Waals surface area (Å²) in [5.41, 5.74) is 0. The molecule has 2 aromatic rings. The molecule has 2 aromatic carbocycles. The molecule has 2 nitrogen and oxygen atoms in total. The van der Waals surface area contributed by atoms with Gasteiger partial charge in [-0.25, -0.2) is 0 Å². The molecule has 0 bridgehead atoms. The summed E-state index contributed by atoms with van der Waals surface area (Å²) in [5.74, 6) is 0. The summed E-state index contributed by atoms with van der Waals surface area (Å²) in [7, 11) is -2.40. The van der Waals surface area contributed by atoms with Crippen molar-refractivity contribution >= 4 is 18.7 Å². The van der Waals surface area contributed by atoms with Crippen LogP contribution in [0.2, 0.25) is 5.04 Å². The minimum atomic E-state index is -2.40. The molecule has 0 saturated heterocycles. The lowest BCUT2D eigenvalue weighted by Gasteiger charge is -2.43. The van der Waals surface area contributed by atoms with E-state index in [2.05, 4.69) is 88.0 Å². The Hall–Kier alpha value is -1.68. The lowest BCUT2D eigenvalue weighted by Crippen LogP contribution is -2.66. The van der Waals surface area contributed by atoms with Crippen LogP contribution in [0.15, 0.2) is 73.3 Å². The lowest BCUT2D eigenvalue weighted by atomic mass is 10.0. The third kappa shape index (κ3) is 7.45. The van der Waals surface area contributed by atoms with Crippen molar-refractivity contribution in [3.8, 4) is 0 Å². The van der Waals surface area contributed by atoms with Crippen molar-refractivity contribution in [1.82, 2.24) is 0 Å². The molecule has 0 aromatic heterocycles. The van der Waals surface area contributed by atoms with E-state index in [1.54, 1.807) is 0 Å². The van der Waals surface area contributed by atoms with E-state index in [0.29, 0.717) is 0 Å². The maximum absolute atomic E-state index is 10.1. The van der Waals surface area contributed by atoms with Gasteiger partial charge in [0.1, 0.15) is 0 Å². The summed E-state index contributed by atoms with van der Waals surface area (Å²) in [6.45, 7) is 11.5. The van der Waals surface area contributed by atoms with Crippen molar-refractivity contribution in [3.63, 3.8) is 0 Å². The molecular weight excluding hydrogens is 396 g/mol. The summed E-state index contributed by atoms with van der Waals surface area (Å²) in [4.78, 5) is 0. The van der Waals surface area contributed by atoms with E-state index in [9.17, 15) is 5.11 Å².